The normalized spacial score (nSPS) is 12.7. The van der Waals surface area contributed by atoms with Crippen molar-refractivity contribution in [1.82, 2.24) is 15.3 Å². The quantitative estimate of drug-likeness (QED) is 0.0794. The van der Waals surface area contributed by atoms with E-state index in [2.05, 4.69) is 43.0 Å². The molecule has 2 N–H and O–H groups in total. The maximum absolute atomic E-state index is 13.3. The molecule has 0 saturated heterocycles. The average Bonchev–Trinajstić information content (AvgIpc) is 3.60. The monoisotopic (exact) mass is 683 g/mol. The number of ketones is 1. The van der Waals surface area contributed by atoms with Crippen LogP contribution in [0.4, 0.5) is 0 Å². The number of rotatable bonds is 18. The summed E-state index contributed by atoms with van der Waals surface area (Å²) in [6.07, 6.45) is 11.2. The maximum Gasteiger partial charge on any atom is 0.325 e. The lowest BCUT2D eigenvalue weighted by atomic mass is 9.92. The first-order valence-corrected chi connectivity index (χ1v) is 18.1. The molecule has 2 heterocycles. The highest BCUT2D eigenvalue weighted by Crippen LogP contribution is 2.31. The van der Waals surface area contributed by atoms with Gasteiger partial charge < -0.3 is 15.2 Å². The van der Waals surface area contributed by atoms with Gasteiger partial charge in [0.05, 0.1) is 11.5 Å². The van der Waals surface area contributed by atoms with E-state index in [4.69, 9.17) is 4.74 Å². The van der Waals surface area contributed by atoms with Crippen LogP contribution in [0.3, 0.4) is 0 Å². The van der Waals surface area contributed by atoms with Gasteiger partial charge in [0.1, 0.15) is 11.8 Å². The Hall–Kier alpha value is -4.37. The largest absolute Gasteiger partial charge is 0.494 e. The third-order valence-electron chi connectivity index (χ3n) is 8.45. The summed E-state index contributed by atoms with van der Waals surface area (Å²) in [5, 5.41) is 11.9. The van der Waals surface area contributed by atoms with Gasteiger partial charge in [-0.1, -0.05) is 96.2 Å². The van der Waals surface area contributed by atoms with Gasteiger partial charge in [0, 0.05) is 40.7 Å². The number of carboxylic acid groups (broad SMARTS) is 1. The number of amides is 1. The molecule has 0 aliphatic heterocycles. The van der Waals surface area contributed by atoms with Crippen LogP contribution in [-0.2, 0) is 21.4 Å². The Bertz CT molecular complexity index is 1660. The summed E-state index contributed by atoms with van der Waals surface area (Å²) in [4.78, 5) is 48.8. The van der Waals surface area contributed by atoms with E-state index < -0.39 is 23.8 Å². The minimum atomic E-state index is -1.13. The van der Waals surface area contributed by atoms with Crippen LogP contribution in [-0.4, -0.2) is 45.4 Å². The second-order valence-corrected chi connectivity index (χ2v) is 14.7. The van der Waals surface area contributed by atoms with Gasteiger partial charge in [0.15, 0.2) is 11.6 Å². The molecule has 49 heavy (non-hydrogen) atoms. The number of unbranched alkanes of at least 4 members (excludes halogenated alkanes) is 5. The summed E-state index contributed by atoms with van der Waals surface area (Å²) >= 11 is 1.44. The Balaban J connectivity index is 1.38. The number of Topliss-reactive ketones (excluding diaryl/α,β-unsaturated/α-hetero) is 1. The van der Waals surface area contributed by atoms with E-state index in [0.717, 1.165) is 45.9 Å². The topological polar surface area (TPSA) is 118 Å². The Morgan fingerprint density at radius 3 is 2.08 bits per heavy atom. The molecule has 0 unspecified atom stereocenters. The van der Waals surface area contributed by atoms with Crippen LogP contribution in [0.2, 0.25) is 0 Å². The molecule has 1 amide bonds. The third kappa shape index (κ3) is 11.3. The molecule has 8 nitrogen and oxygen atoms in total. The van der Waals surface area contributed by atoms with E-state index in [1.165, 1.54) is 50.4 Å². The van der Waals surface area contributed by atoms with Crippen molar-refractivity contribution in [2.45, 2.75) is 97.4 Å². The zero-order valence-electron chi connectivity index (χ0n) is 29.3. The first kappa shape index (κ1) is 37.4. The Labute approximate surface area is 294 Å². The summed E-state index contributed by atoms with van der Waals surface area (Å²) in [5.41, 5.74) is 3.48. The van der Waals surface area contributed by atoms with Crippen LogP contribution >= 0.6 is 11.3 Å². The maximum atomic E-state index is 13.3. The van der Waals surface area contributed by atoms with E-state index in [1.54, 1.807) is 12.4 Å². The molecule has 4 aromatic rings. The molecule has 260 valence electrons. The minimum absolute atomic E-state index is 0.0270. The predicted octanol–water partition coefficient (Wildman–Crippen LogP) is 8.93. The third-order valence-corrected chi connectivity index (χ3v) is 10.0. The van der Waals surface area contributed by atoms with Crippen molar-refractivity contribution in [3.63, 3.8) is 0 Å². The number of nitrogens with zero attached hydrogens (tertiary/aromatic N) is 2. The number of benzene rings is 2. The van der Waals surface area contributed by atoms with E-state index in [9.17, 15) is 19.5 Å². The molecule has 0 aliphatic carbocycles. The van der Waals surface area contributed by atoms with Crippen LogP contribution in [0, 0.1) is 5.92 Å². The lowest BCUT2D eigenvalue weighted by Gasteiger charge is -2.18. The zero-order chi connectivity index (χ0) is 35.4. The molecule has 0 fully saturated rings. The number of hydrogen-bond donors (Lipinski definition) is 2. The highest BCUT2D eigenvalue weighted by atomic mass is 32.1. The van der Waals surface area contributed by atoms with Crippen molar-refractivity contribution in [3.8, 4) is 28.3 Å². The number of aliphatic carboxylic acids is 1. The van der Waals surface area contributed by atoms with Crippen molar-refractivity contribution in [2.24, 2.45) is 5.92 Å². The van der Waals surface area contributed by atoms with Crippen molar-refractivity contribution >= 4 is 29.0 Å². The molecular formula is C40H49N3O5S. The first-order valence-electron chi connectivity index (χ1n) is 17.3. The highest BCUT2D eigenvalue weighted by molar-refractivity contribution is 7.14. The zero-order valence-corrected chi connectivity index (χ0v) is 30.1. The predicted molar refractivity (Wildman–Crippen MR) is 196 cm³/mol. The van der Waals surface area contributed by atoms with Gasteiger partial charge in [0.2, 0.25) is 5.91 Å². The standard InChI is InChI=1S/C40H49N3O5S/c1-6-7-8-9-10-11-22-48-33-18-16-29(17-19-33)32-25-41-37(42-26-32)30-14-12-28(13-15-30)23-31(38(45)43-27(2)39(46)47)24-34(44)35-20-21-36(49-35)40(3,4)5/h12-21,25-27,31H,6-11,22-24H2,1-5H3,(H,43,45)(H,46,47)/t27-,31-/m1/s1. The lowest BCUT2D eigenvalue weighted by molar-refractivity contribution is -0.141. The van der Waals surface area contributed by atoms with Crippen LogP contribution in [0.25, 0.3) is 22.5 Å². The van der Waals surface area contributed by atoms with Gasteiger partial charge >= 0.3 is 5.97 Å². The second kappa shape index (κ2) is 17.9. The highest BCUT2D eigenvalue weighted by Gasteiger charge is 2.27. The fourth-order valence-corrected chi connectivity index (χ4v) is 6.39. The Morgan fingerprint density at radius 1 is 0.837 bits per heavy atom. The van der Waals surface area contributed by atoms with Gasteiger partial charge in [-0.3, -0.25) is 14.4 Å². The van der Waals surface area contributed by atoms with Crippen LogP contribution < -0.4 is 10.1 Å². The number of hydrogen-bond acceptors (Lipinski definition) is 7. The van der Waals surface area contributed by atoms with Crippen molar-refractivity contribution in [1.29, 1.82) is 0 Å². The molecule has 0 spiro atoms. The number of aromatic nitrogens is 2. The van der Waals surface area contributed by atoms with E-state index in [1.807, 2.05) is 60.7 Å². The number of ether oxygens (including phenoxy) is 1. The van der Waals surface area contributed by atoms with E-state index in [-0.39, 0.29) is 24.0 Å². The lowest BCUT2D eigenvalue weighted by Crippen LogP contribution is -2.42. The Morgan fingerprint density at radius 2 is 1.47 bits per heavy atom. The SMILES string of the molecule is CCCCCCCCOc1ccc(-c2cnc(-c3ccc(C[C@H](CC(=O)c4ccc(C(C)(C)C)s4)C(=O)N[C@H](C)C(=O)O)cc3)nc2)cc1. The molecule has 0 bridgehead atoms. The molecule has 2 aromatic heterocycles. The molecule has 2 atom stereocenters. The summed E-state index contributed by atoms with van der Waals surface area (Å²) in [6.45, 7) is 10.6. The number of carbonyl (C=O) groups excluding carboxylic acids is 2. The van der Waals surface area contributed by atoms with Gasteiger partial charge in [-0.15, -0.1) is 11.3 Å². The van der Waals surface area contributed by atoms with Gasteiger partial charge in [-0.25, -0.2) is 9.97 Å². The fraction of sp³-hybridized carbons (Fsp3) is 0.425. The van der Waals surface area contributed by atoms with E-state index >= 15 is 0 Å². The molecule has 9 heteroatoms. The minimum Gasteiger partial charge on any atom is -0.494 e. The van der Waals surface area contributed by atoms with Gasteiger partial charge in [0.25, 0.3) is 0 Å². The smallest absolute Gasteiger partial charge is 0.325 e. The summed E-state index contributed by atoms with van der Waals surface area (Å²) < 4.78 is 5.91. The Kier molecular flexibility index (Phi) is 13.6. The molecule has 4 rings (SSSR count). The number of nitrogens with one attached hydrogen (secondary N) is 1. The van der Waals surface area contributed by atoms with Crippen LogP contribution in [0.1, 0.15) is 99.7 Å². The van der Waals surface area contributed by atoms with Crippen LogP contribution in [0.15, 0.2) is 73.1 Å². The molecule has 0 radical (unpaired) electrons. The molecule has 2 aromatic carbocycles. The van der Waals surface area contributed by atoms with Crippen LogP contribution in [0.5, 0.6) is 5.75 Å². The molecular weight excluding hydrogens is 635 g/mol. The number of thiophene rings is 1. The average molecular weight is 684 g/mol. The number of carbonyl (C=O) groups is 3. The van der Waals surface area contributed by atoms with Crippen molar-refractivity contribution < 1.29 is 24.2 Å². The molecule has 0 aliphatic rings. The summed E-state index contributed by atoms with van der Waals surface area (Å²) in [6, 6.07) is 18.3. The number of carboxylic acids is 1. The van der Waals surface area contributed by atoms with E-state index in [0.29, 0.717) is 10.7 Å². The first-order chi connectivity index (χ1) is 23.4. The summed E-state index contributed by atoms with van der Waals surface area (Å²) in [7, 11) is 0. The second-order valence-electron chi connectivity index (χ2n) is 13.6. The van der Waals surface area contributed by atoms with Crippen molar-refractivity contribution in [2.75, 3.05) is 6.61 Å². The van der Waals surface area contributed by atoms with Gasteiger partial charge in [-0.05, 0) is 60.6 Å². The fourth-order valence-electron chi connectivity index (χ4n) is 5.38. The molecule has 0 saturated carbocycles. The van der Waals surface area contributed by atoms with Crippen molar-refractivity contribution in [3.05, 3.63) is 88.4 Å². The van der Waals surface area contributed by atoms with Gasteiger partial charge in [-0.2, -0.15) is 0 Å². The summed E-state index contributed by atoms with van der Waals surface area (Å²) in [5.74, 6) is -1.03.